The summed E-state index contributed by atoms with van der Waals surface area (Å²) in [5, 5.41) is 0. The van der Waals surface area contributed by atoms with Crippen LogP contribution in [0.4, 0.5) is 0 Å². The summed E-state index contributed by atoms with van der Waals surface area (Å²) in [6, 6.07) is 4.98. The Morgan fingerprint density at radius 1 is 0.941 bits per heavy atom. The molecule has 17 heavy (non-hydrogen) atoms. The predicted octanol–water partition coefficient (Wildman–Crippen LogP) is 2.80. The molecular weight excluding hydrogens is 216 g/mol. The lowest BCUT2D eigenvalue weighted by molar-refractivity contribution is 0.0991. The Morgan fingerprint density at radius 3 is 2.12 bits per heavy atom. The van der Waals surface area contributed by atoms with Gasteiger partial charge in [-0.1, -0.05) is 0 Å². The molecule has 0 heterocycles. The van der Waals surface area contributed by atoms with Crippen LogP contribution in [0.3, 0.4) is 0 Å². The third-order valence-corrected chi connectivity index (χ3v) is 2.33. The number of ether oxygens (including phenoxy) is 1. The highest BCUT2D eigenvalue weighted by Crippen LogP contribution is 2.25. The highest BCUT2D eigenvalue weighted by Gasteiger charge is 2.20. The van der Waals surface area contributed by atoms with Crippen molar-refractivity contribution in [3.05, 3.63) is 41.5 Å². The maximum Gasteiger partial charge on any atom is 0.186 e. The first-order valence-electron chi connectivity index (χ1n) is 5.47. The summed E-state index contributed by atoms with van der Waals surface area (Å²) in [6.45, 7) is 5.79. The fourth-order valence-electron chi connectivity index (χ4n) is 1.69. The second-order valence-electron chi connectivity index (χ2n) is 4.98. The lowest BCUT2D eigenvalue weighted by Gasteiger charge is -2.22. The van der Waals surface area contributed by atoms with Gasteiger partial charge in [0.25, 0.3) is 0 Å². The van der Waals surface area contributed by atoms with E-state index in [4.69, 9.17) is 4.74 Å². The van der Waals surface area contributed by atoms with E-state index in [-0.39, 0.29) is 17.2 Å². The molecule has 1 aliphatic rings. The van der Waals surface area contributed by atoms with Crippen LogP contribution in [0.25, 0.3) is 0 Å². The van der Waals surface area contributed by atoms with E-state index in [0.29, 0.717) is 16.9 Å². The van der Waals surface area contributed by atoms with Crippen molar-refractivity contribution in [1.29, 1.82) is 0 Å². The number of benzene rings is 1. The van der Waals surface area contributed by atoms with E-state index >= 15 is 0 Å². The van der Waals surface area contributed by atoms with Crippen molar-refractivity contribution in [3.63, 3.8) is 0 Å². The second kappa shape index (κ2) is 3.84. The number of carbonyl (C=O) groups excluding carboxylic acids is 2. The highest BCUT2D eigenvalue weighted by atomic mass is 16.5. The number of hydrogen-bond donors (Lipinski definition) is 0. The van der Waals surface area contributed by atoms with Gasteiger partial charge < -0.3 is 4.74 Å². The molecule has 0 amide bonds. The van der Waals surface area contributed by atoms with Crippen molar-refractivity contribution >= 4 is 11.6 Å². The number of rotatable bonds is 1. The van der Waals surface area contributed by atoms with E-state index in [1.807, 2.05) is 20.8 Å². The molecule has 1 aromatic carbocycles. The van der Waals surface area contributed by atoms with Crippen molar-refractivity contribution in [2.24, 2.45) is 0 Å². The molecule has 1 aromatic rings. The van der Waals surface area contributed by atoms with Crippen LogP contribution in [0.5, 0.6) is 5.75 Å². The Bertz CT molecular complexity index is 519. The molecule has 0 spiro atoms. The van der Waals surface area contributed by atoms with Gasteiger partial charge in [-0.25, -0.2) is 0 Å². The van der Waals surface area contributed by atoms with Gasteiger partial charge in [0.05, 0.1) is 0 Å². The Morgan fingerprint density at radius 2 is 1.53 bits per heavy atom. The first kappa shape index (κ1) is 11.6. The van der Waals surface area contributed by atoms with E-state index in [1.54, 1.807) is 18.2 Å². The van der Waals surface area contributed by atoms with Gasteiger partial charge in [0.2, 0.25) is 0 Å². The van der Waals surface area contributed by atoms with Crippen LogP contribution in [0.2, 0.25) is 0 Å². The summed E-state index contributed by atoms with van der Waals surface area (Å²) >= 11 is 0. The summed E-state index contributed by atoms with van der Waals surface area (Å²) < 4.78 is 5.66. The molecule has 2 rings (SSSR count). The van der Waals surface area contributed by atoms with Crippen molar-refractivity contribution in [1.82, 2.24) is 0 Å². The van der Waals surface area contributed by atoms with E-state index < -0.39 is 0 Å². The maximum absolute atomic E-state index is 11.7. The maximum atomic E-state index is 11.7. The molecule has 88 valence electrons. The monoisotopic (exact) mass is 230 g/mol. The van der Waals surface area contributed by atoms with Gasteiger partial charge in [-0.05, 0) is 51.1 Å². The Balaban J connectivity index is 2.42. The zero-order valence-electron chi connectivity index (χ0n) is 10.1. The van der Waals surface area contributed by atoms with E-state index in [0.717, 1.165) is 0 Å². The molecule has 0 radical (unpaired) electrons. The molecular formula is C14H14O3. The molecule has 0 aromatic heterocycles. The molecule has 0 saturated heterocycles. The fraction of sp³-hybridized carbons (Fsp3) is 0.286. The van der Waals surface area contributed by atoms with Gasteiger partial charge in [0.1, 0.15) is 11.4 Å². The Hall–Kier alpha value is -1.90. The quantitative estimate of drug-likeness (QED) is 0.745. The second-order valence-corrected chi connectivity index (χ2v) is 4.98. The molecule has 0 N–H and O–H groups in total. The smallest absolute Gasteiger partial charge is 0.186 e. The number of fused-ring (bicyclic) bond motifs is 1. The lowest BCUT2D eigenvalue weighted by Crippen LogP contribution is -2.23. The van der Waals surface area contributed by atoms with Crippen LogP contribution in [0.15, 0.2) is 30.4 Å². The molecule has 0 atom stereocenters. The molecule has 3 heteroatoms. The average molecular weight is 230 g/mol. The SMILES string of the molecule is CC(C)(C)Oc1ccc2c(c1)C(=O)C=CC2=O. The Kier molecular flexibility index (Phi) is 2.62. The van der Waals surface area contributed by atoms with Crippen LogP contribution in [0, 0.1) is 0 Å². The minimum absolute atomic E-state index is 0.137. The first-order valence-corrected chi connectivity index (χ1v) is 5.47. The molecule has 0 aliphatic heterocycles. The average Bonchev–Trinajstić information content (AvgIpc) is 2.21. The van der Waals surface area contributed by atoms with Crippen LogP contribution in [0.1, 0.15) is 41.5 Å². The van der Waals surface area contributed by atoms with Crippen molar-refractivity contribution in [3.8, 4) is 5.75 Å². The van der Waals surface area contributed by atoms with E-state index in [9.17, 15) is 9.59 Å². The van der Waals surface area contributed by atoms with Gasteiger partial charge in [0.15, 0.2) is 11.6 Å². The summed E-state index contributed by atoms with van der Waals surface area (Å²) in [4.78, 5) is 23.2. The normalized spacial score (nSPS) is 14.8. The highest BCUT2D eigenvalue weighted by molar-refractivity contribution is 6.22. The molecule has 3 nitrogen and oxygen atoms in total. The molecule has 0 saturated carbocycles. The van der Waals surface area contributed by atoms with Crippen LogP contribution in [-0.2, 0) is 0 Å². The number of allylic oxidation sites excluding steroid dienone is 2. The topological polar surface area (TPSA) is 43.4 Å². The molecule has 0 fully saturated rings. The molecule has 0 bridgehead atoms. The largest absolute Gasteiger partial charge is 0.488 e. The zero-order chi connectivity index (χ0) is 12.6. The third kappa shape index (κ3) is 2.44. The van der Waals surface area contributed by atoms with Crippen LogP contribution < -0.4 is 4.74 Å². The lowest BCUT2D eigenvalue weighted by atomic mass is 9.94. The first-order chi connectivity index (χ1) is 7.87. The summed E-state index contributed by atoms with van der Waals surface area (Å²) in [6.07, 6.45) is 2.60. The molecule has 0 unspecified atom stereocenters. The zero-order valence-corrected chi connectivity index (χ0v) is 10.1. The number of ketones is 2. The Labute approximate surface area is 100 Å². The van der Waals surface area contributed by atoms with E-state index in [1.165, 1.54) is 12.2 Å². The molecule has 1 aliphatic carbocycles. The van der Waals surface area contributed by atoms with Gasteiger partial charge in [0, 0.05) is 11.1 Å². The van der Waals surface area contributed by atoms with Crippen LogP contribution >= 0.6 is 0 Å². The summed E-state index contributed by atoms with van der Waals surface area (Å²) in [7, 11) is 0. The van der Waals surface area contributed by atoms with Crippen molar-refractivity contribution < 1.29 is 14.3 Å². The standard InChI is InChI=1S/C14H14O3/c1-14(2,3)17-9-4-5-10-11(8-9)13(16)7-6-12(10)15/h4-8H,1-3H3. The predicted molar refractivity (Wildman–Crippen MR) is 64.6 cm³/mol. The number of hydrogen-bond acceptors (Lipinski definition) is 3. The van der Waals surface area contributed by atoms with Gasteiger partial charge in [-0.2, -0.15) is 0 Å². The minimum atomic E-state index is -0.328. The van der Waals surface area contributed by atoms with Gasteiger partial charge in [-0.15, -0.1) is 0 Å². The van der Waals surface area contributed by atoms with E-state index in [2.05, 4.69) is 0 Å². The van der Waals surface area contributed by atoms with Gasteiger partial charge >= 0.3 is 0 Å². The minimum Gasteiger partial charge on any atom is -0.488 e. The van der Waals surface area contributed by atoms with Gasteiger partial charge in [-0.3, -0.25) is 9.59 Å². The third-order valence-electron chi connectivity index (χ3n) is 2.33. The van der Waals surface area contributed by atoms with Crippen LogP contribution in [-0.4, -0.2) is 17.2 Å². The summed E-state index contributed by atoms with van der Waals surface area (Å²) in [5.74, 6) is 0.313. The fourth-order valence-corrected chi connectivity index (χ4v) is 1.69. The van der Waals surface area contributed by atoms with Crippen molar-refractivity contribution in [2.45, 2.75) is 26.4 Å². The summed E-state index contributed by atoms with van der Waals surface area (Å²) in [5.41, 5.74) is 0.532. The number of carbonyl (C=O) groups is 2. The van der Waals surface area contributed by atoms with Crippen molar-refractivity contribution in [2.75, 3.05) is 0 Å².